The third-order valence-corrected chi connectivity index (χ3v) is 1.68. The predicted octanol–water partition coefficient (Wildman–Crippen LogP) is 3.19. The molecule has 0 bridgehead atoms. The van der Waals surface area contributed by atoms with Gasteiger partial charge in [0, 0.05) is 11.4 Å². The number of hydrogen-bond donors (Lipinski definition) is 2. The lowest BCUT2D eigenvalue weighted by Crippen LogP contribution is -2.33. The summed E-state index contributed by atoms with van der Waals surface area (Å²) in [7, 11) is 0. The fraction of sp³-hybridized carbons (Fsp3) is 0.0714. The molecule has 0 radical (unpaired) electrons. The molecule has 2 N–H and O–H groups in total. The van der Waals surface area contributed by atoms with Crippen molar-refractivity contribution < 1.29 is 4.79 Å². The number of allylic oxidation sites excluding steroid dienone is 8. The van der Waals surface area contributed by atoms with Crippen LogP contribution in [0.1, 0.15) is 6.92 Å². The van der Waals surface area contributed by atoms with E-state index in [2.05, 4.69) is 30.4 Å². The number of hydrogen-bond acceptors (Lipinski definition) is 1. The van der Waals surface area contributed by atoms with Gasteiger partial charge in [-0.3, -0.25) is 0 Å². The summed E-state index contributed by atoms with van der Waals surface area (Å²) in [6, 6.07) is -0.321. The summed E-state index contributed by atoms with van der Waals surface area (Å²) < 4.78 is 0. The lowest BCUT2D eigenvalue weighted by molar-refractivity contribution is 0.246. The van der Waals surface area contributed by atoms with Gasteiger partial charge in [-0.05, 0) is 25.2 Å². The van der Waals surface area contributed by atoms with E-state index in [1.165, 1.54) is 6.08 Å². The maximum Gasteiger partial charge on any atom is 0.323 e. The van der Waals surface area contributed by atoms with E-state index < -0.39 is 0 Å². The van der Waals surface area contributed by atoms with Crippen molar-refractivity contribution in [3.63, 3.8) is 0 Å². The van der Waals surface area contributed by atoms with Crippen LogP contribution in [0, 0.1) is 0 Å². The highest BCUT2D eigenvalue weighted by atomic mass is 16.2. The third kappa shape index (κ3) is 7.62. The molecule has 17 heavy (non-hydrogen) atoms. The quantitative estimate of drug-likeness (QED) is 0.676. The van der Waals surface area contributed by atoms with Crippen LogP contribution in [0.3, 0.4) is 0 Å². The Kier molecular flexibility index (Phi) is 7.76. The first-order valence-corrected chi connectivity index (χ1v) is 5.13. The van der Waals surface area contributed by atoms with Crippen molar-refractivity contribution in [3.8, 4) is 0 Å². The molecule has 0 fully saturated rings. The molecule has 0 aliphatic rings. The van der Waals surface area contributed by atoms with Crippen LogP contribution in [0.2, 0.25) is 0 Å². The summed E-state index contributed by atoms with van der Waals surface area (Å²) in [6.07, 6.45) is 11.8. The maximum atomic E-state index is 11.5. The van der Waals surface area contributed by atoms with Gasteiger partial charge >= 0.3 is 6.03 Å². The monoisotopic (exact) mass is 230 g/mol. The molecular formula is C14H18N2O. The van der Waals surface area contributed by atoms with Crippen molar-refractivity contribution in [1.82, 2.24) is 10.6 Å². The van der Waals surface area contributed by atoms with Gasteiger partial charge in [0.2, 0.25) is 0 Å². The molecule has 0 unspecified atom stereocenters. The Balaban J connectivity index is 4.35. The molecule has 0 spiro atoms. The van der Waals surface area contributed by atoms with Crippen molar-refractivity contribution in [2.75, 3.05) is 0 Å². The maximum absolute atomic E-state index is 11.5. The Morgan fingerprint density at radius 3 is 2.24 bits per heavy atom. The number of carbonyl (C=O) groups excluding carboxylic acids is 1. The summed E-state index contributed by atoms with van der Waals surface area (Å²) in [6.45, 7) is 12.5. The van der Waals surface area contributed by atoms with E-state index in [4.69, 9.17) is 0 Å². The molecule has 0 aromatic rings. The van der Waals surface area contributed by atoms with Gasteiger partial charge in [-0.25, -0.2) is 4.79 Å². The second-order valence-corrected chi connectivity index (χ2v) is 3.11. The lowest BCUT2D eigenvalue weighted by Gasteiger charge is -2.07. The smallest absolute Gasteiger partial charge is 0.312 e. The summed E-state index contributed by atoms with van der Waals surface area (Å²) in [5, 5.41) is 5.29. The Labute approximate surface area is 103 Å². The Morgan fingerprint density at radius 1 is 1.00 bits per heavy atom. The Morgan fingerprint density at radius 2 is 1.71 bits per heavy atom. The largest absolute Gasteiger partial charge is 0.323 e. The van der Waals surface area contributed by atoms with Gasteiger partial charge in [0.25, 0.3) is 0 Å². The minimum absolute atomic E-state index is 0.321. The number of amides is 2. The Hall–Kier alpha value is -2.29. The average molecular weight is 230 g/mol. The van der Waals surface area contributed by atoms with Gasteiger partial charge in [0.1, 0.15) is 0 Å². The highest BCUT2D eigenvalue weighted by molar-refractivity contribution is 5.78. The standard InChI is InChI=1S/C14H18N2O/c1-5-8-9-11-12(4)15-14(17)16-13(7-3)10-6-2/h5-11H,1-3H2,4H3,(H2,15,16,17)/b9-8-,12-11+,13-10+. The van der Waals surface area contributed by atoms with Crippen LogP contribution in [-0.4, -0.2) is 6.03 Å². The highest BCUT2D eigenvalue weighted by Crippen LogP contribution is 1.93. The topological polar surface area (TPSA) is 41.1 Å². The normalized spacial score (nSPS) is 12.1. The van der Waals surface area contributed by atoms with Crippen LogP contribution in [0.4, 0.5) is 4.79 Å². The van der Waals surface area contributed by atoms with E-state index in [-0.39, 0.29) is 6.03 Å². The second-order valence-electron chi connectivity index (χ2n) is 3.11. The molecule has 0 aliphatic heterocycles. The van der Waals surface area contributed by atoms with Crippen molar-refractivity contribution in [3.05, 3.63) is 73.7 Å². The van der Waals surface area contributed by atoms with Crippen LogP contribution >= 0.6 is 0 Å². The molecule has 0 atom stereocenters. The zero-order valence-corrected chi connectivity index (χ0v) is 10.1. The van der Waals surface area contributed by atoms with Crippen LogP contribution in [0.5, 0.6) is 0 Å². The summed E-state index contributed by atoms with van der Waals surface area (Å²) >= 11 is 0. The van der Waals surface area contributed by atoms with E-state index >= 15 is 0 Å². The van der Waals surface area contributed by atoms with Gasteiger partial charge in [-0.2, -0.15) is 0 Å². The molecule has 3 nitrogen and oxygen atoms in total. The molecular weight excluding hydrogens is 212 g/mol. The minimum atomic E-state index is -0.321. The first-order chi connectivity index (χ1) is 8.13. The fourth-order valence-corrected chi connectivity index (χ4v) is 0.949. The SMILES string of the molecule is C=C/C=C\C=C(/C)NC(=O)N/C(C=C)=C/C=C. The minimum Gasteiger partial charge on any atom is -0.312 e. The van der Waals surface area contributed by atoms with Crippen molar-refractivity contribution in [1.29, 1.82) is 0 Å². The van der Waals surface area contributed by atoms with Gasteiger partial charge in [-0.15, -0.1) is 0 Å². The van der Waals surface area contributed by atoms with Crippen molar-refractivity contribution in [2.45, 2.75) is 6.92 Å². The van der Waals surface area contributed by atoms with Gasteiger partial charge < -0.3 is 10.6 Å². The number of nitrogens with one attached hydrogen (secondary N) is 2. The van der Waals surface area contributed by atoms with Crippen LogP contribution in [-0.2, 0) is 0 Å². The first kappa shape index (κ1) is 14.7. The van der Waals surface area contributed by atoms with Crippen LogP contribution < -0.4 is 10.6 Å². The van der Waals surface area contributed by atoms with Gasteiger partial charge in [0.05, 0.1) is 0 Å². The molecule has 0 aromatic carbocycles. The Bertz CT molecular complexity index is 387. The fourth-order valence-electron chi connectivity index (χ4n) is 0.949. The predicted molar refractivity (Wildman–Crippen MR) is 73.2 cm³/mol. The zero-order valence-electron chi connectivity index (χ0n) is 10.1. The van der Waals surface area contributed by atoms with Crippen LogP contribution in [0.15, 0.2) is 73.7 Å². The molecule has 0 rings (SSSR count). The zero-order chi connectivity index (χ0) is 13.1. The molecule has 3 heteroatoms. The number of urea groups is 1. The molecule has 0 heterocycles. The third-order valence-electron chi connectivity index (χ3n) is 1.68. The van der Waals surface area contributed by atoms with E-state index in [0.717, 1.165) is 5.70 Å². The molecule has 0 saturated carbocycles. The van der Waals surface area contributed by atoms with E-state index in [0.29, 0.717) is 5.70 Å². The molecule has 0 aliphatic carbocycles. The van der Waals surface area contributed by atoms with Crippen molar-refractivity contribution in [2.24, 2.45) is 0 Å². The first-order valence-electron chi connectivity index (χ1n) is 5.13. The van der Waals surface area contributed by atoms with E-state index in [1.807, 2.05) is 0 Å². The lowest BCUT2D eigenvalue weighted by atomic mass is 10.3. The number of rotatable bonds is 6. The average Bonchev–Trinajstić information content (AvgIpc) is 2.28. The second kappa shape index (κ2) is 8.97. The summed E-state index contributed by atoms with van der Waals surface area (Å²) in [4.78, 5) is 11.5. The van der Waals surface area contributed by atoms with Gasteiger partial charge in [0.15, 0.2) is 0 Å². The molecule has 90 valence electrons. The summed E-state index contributed by atoms with van der Waals surface area (Å²) in [5.41, 5.74) is 1.31. The van der Waals surface area contributed by atoms with Crippen LogP contribution in [0.25, 0.3) is 0 Å². The van der Waals surface area contributed by atoms with E-state index in [9.17, 15) is 4.79 Å². The molecule has 0 saturated heterocycles. The van der Waals surface area contributed by atoms with Crippen molar-refractivity contribution >= 4 is 6.03 Å². The molecule has 2 amide bonds. The molecule has 0 aromatic heterocycles. The highest BCUT2D eigenvalue weighted by Gasteiger charge is 2.00. The summed E-state index contributed by atoms with van der Waals surface area (Å²) in [5.74, 6) is 0. The van der Waals surface area contributed by atoms with Gasteiger partial charge in [-0.1, -0.05) is 44.0 Å². The van der Waals surface area contributed by atoms with E-state index in [1.54, 1.807) is 43.4 Å². The number of carbonyl (C=O) groups is 1.